The summed E-state index contributed by atoms with van der Waals surface area (Å²) in [6.07, 6.45) is 3.73. The van der Waals surface area contributed by atoms with Crippen molar-refractivity contribution in [3.63, 3.8) is 0 Å². The molecule has 1 aliphatic carbocycles. The molecule has 0 amide bonds. The van der Waals surface area contributed by atoms with Crippen LogP contribution in [0.5, 0.6) is 0 Å². The standard InChI is InChI=1S/C13H18Cl2N2O2S/c1-8-2-4-10(5-3-8)17-20(18,19)13-11(15)6-9(14)7-12(13)16/h6-8,10,17H,2-5,16H2,1H3. The summed E-state index contributed by atoms with van der Waals surface area (Å²) in [5.41, 5.74) is 5.82. The van der Waals surface area contributed by atoms with E-state index in [0.29, 0.717) is 10.9 Å². The zero-order valence-corrected chi connectivity index (χ0v) is 13.5. The number of nitrogens with two attached hydrogens (primary N) is 1. The van der Waals surface area contributed by atoms with Crippen LogP contribution < -0.4 is 10.5 Å². The number of anilines is 1. The molecule has 0 atom stereocenters. The summed E-state index contributed by atoms with van der Waals surface area (Å²) in [6.45, 7) is 2.18. The van der Waals surface area contributed by atoms with Gasteiger partial charge in [0.15, 0.2) is 0 Å². The fourth-order valence-corrected chi connectivity index (χ4v) is 4.81. The number of benzene rings is 1. The van der Waals surface area contributed by atoms with Gasteiger partial charge in [-0.3, -0.25) is 0 Å². The second kappa shape index (κ2) is 6.10. The minimum atomic E-state index is -3.72. The molecule has 1 aliphatic rings. The average molecular weight is 337 g/mol. The highest BCUT2D eigenvalue weighted by Crippen LogP contribution is 2.32. The van der Waals surface area contributed by atoms with Crippen LogP contribution in [0, 0.1) is 5.92 Å². The van der Waals surface area contributed by atoms with Crippen LogP contribution >= 0.6 is 23.2 Å². The number of sulfonamides is 1. The van der Waals surface area contributed by atoms with Crippen molar-refractivity contribution in [1.29, 1.82) is 0 Å². The predicted octanol–water partition coefficient (Wildman–Crippen LogP) is 3.43. The summed E-state index contributed by atoms with van der Waals surface area (Å²) in [5, 5.41) is 0.365. The van der Waals surface area contributed by atoms with Crippen LogP contribution in [0.1, 0.15) is 32.6 Å². The molecule has 0 saturated heterocycles. The third-order valence-electron chi connectivity index (χ3n) is 3.64. The SMILES string of the molecule is CC1CCC(NS(=O)(=O)c2c(N)cc(Cl)cc2Cl)CC1. The van der Waals surface area contributed by atoms with Crippen LogP contribution in [-0.2, 0) is 10.0 Å². The van der Waals surface area contributed by atoms with Gasteiger partial charge in [-0.1, -0.05) is 30.1 Å². The molecular weight excluding hydrogens is 319 g/mol. The summed E-state index contributed by atoms with van der Waals surface area (Å²) in [4.78, 5) is -0.0813. The first-order valence-electron chi connectivity index (χ1n) is 6.56. The first-order chi connectivity index (χ1) is 9.29. The van der Waals surface area contributed by atoms with E-state index in [9.17, 15) is 8.42 Å². The third-order valence-corrected chi connectivity index (χ3v) is 5.91. The van der Waals surface area contributed by atoms with E-state index in [0.717, 1.165) is 25.7 Å². The molecule has 3 N–H and O–H groups in total. The molecular formula is C13H18Cl2N2O2S. The summed E-state index contributed by atoms with van der Waals surface area (Å²) < 4.78 is 27.5. The van der Waals surface area contributed by atoms with Gasteiger partial charge >= 0.3 is 0 Å². The van der Waals surface area contributed by atoms with E-state index in [1.165, 1.54) is 12.1 Å². The zero-order valence-electron chi connectivity index (χ0n) is 11.2. The van der Waals surface area contributed by atoms with E-state index in [1.807, 2.05) is 0 Å². The quantitative estimate of drug-likeness (QED) is 0.830. The summed E-state index contributed by atoms with van der Waals surface area (Å²) in [7, 11) is -3.72. The van der Waals surface area contributed by atoms with Gasteiger partial charge in [-0.05, 0) is 43.7 Å². The zero-order chi connectivity index (χ0) is 14.9. The third kappa shape index (κ3) is 3.58. The second-order valence-electron chi connectivity index (χ2n) is 5.38. The Kier molecular flexibility index (Phi) is 4.84. The van der Waals surface area contributed by atoms with Gasteiger partial charge in [-0.2, -0.15) is 0 Å². The molecule has 1 fully saturated rings. The Hall–Kier alpha value is -0.490. The Balaban J connectivity index is 2.23. The molecule has 112 valence electrons. The summed E-state index contributed by atoms with van der Waals surface area (Å²) >= 11 is 11.8. The fourth-order valence-electron chi connectivity index (χ4n) is 2.52. The van der Waals surface area contributed by atoms with Crippen LogP contribution in [0.25, 0.3) is 0 Å². The molecule has 0 aromatic heterocycles. The van der Waals surface area contributed by atoms with Gasteiger partial charge in [-0.15, -0.1) is 0 Å². The first-order valence-corrected chi connectivity index (χ1v) is 8.80. The highest BCUT2D eigenvalue weighted by molar-refractivity contribution is 7.89. The highest BCUT2D eigenvalue weighted by Gasteiger charge is 2.27. The van der Waals surface area contributed by atoms with Crippen molar-refractivity contribution in [2.75, 3.05) is 5.73 Å². The lowest BCUT2D eigenvalue weighted by atomic mass is 9.88. The van der Waals surface area contributed by atoms with E-state index >= 15 is 0 Å². The maximum atomic E-state index is 12.4. The summed E-state index contributed by atoms with van der Waals surface area (Å²) in [5.74, 6) is 0.653. The molecule has 1 aromatic carbocycles. The number of nitrogen functional groups attached to an aromatic ring is 1. The fraction of sp³-hybridized carbons (Fsp3) is 0.538. The van der Waals surface area contributed by atoms with E-state index in [4.69, 9.17) is 28.9 Å². The Labute approximate surface area is 129 Å². The van der Waals surface area contributed by atoms with Crippen molar-refractivity contribution in [1.82, 2.24) is 4.72 Å². The number of hydrogen-bond donors (Lipinski definition) is 2. The lowest BCUT2D eigenvalue weighted by Gasteiger charge is -2.27. The predicted molar refractivity (Wildman–Crippen MR) is 82.6 cm³/mol. The molecule has 0 aliphatic heterocycles. The van der Waals surface area contributed by atoms with Gasteiger partial charge in [0.2, 0.25) is 10.0 Å². The Bertz CT molecular complexity index is 573. The first kappa shape index (κ1) is 15.9. The normalized spacial score (nSPS) is 23.8. The minimum Gasteiger partial charge on any atom is -0.398 e. The topological polar surface area (TPSA) is 72.2 Å². The average Bonchev–Trinajstić information content (AvgIpc) is 2.30. The molecule has 1 aromatic rings. The van der Waals surface area contributed by atoms with Crippen molar-refractivity contribution < 1.29 is 8.42 Å². The van der Waals surface area contributed by atoms with Gasteiger partial charge < -0.3 is 5.73 Å². The largest absolute Gasteiger partial charge is 0.398 e. The van der Waals surface area contributed by atoms with Crippen molar-refractivity contribution in [2.45, 2.75) is 43.5 Å². The molecule has 4 nitrogen and oxygen atoms in total. The maximum absolute atomic E-state index is 12.4. The van der Waals surface area contributed by atoms with E-state index in [2.05, 4.69) is 11.6 Å². The van der Waals surface area contributed by atoms with Crippen LogP contribution in [0.4, 0.5) is 5.69 Å². The van der Waals surface area contributed by atoms with Crippen molar-refractivity contribution in [2.24, 2.45) is 5.92 Å². The lowest BCUT2D eigenvalue weighted by molar-refractivity contribution is 0.332. The van der Waals surface area contributed by atoms with Crippen LogP contribution in [-0.4, -0.2) is 14.5 Å². The number of halogens is 2. The molecule has 0 bridgehead atoms. The van der Waals surface area contributed by atoms with Gasteiger partial charge in [0.05, 0.1) is 10.7 Å². The van der Waals surface area contributed by atoms with Crippen LogP contribution in [0.2, 0.25) is 10.0 Å². The highest BCUT2D eigenvalue weighted by atomic mass is 35.5. The number of nitrogens with one attached hydrogen (secondary N) is 1. The molecule has 0 unspecified atom stereocenters. The van der Waals surface area contributed by atoms with Gasteiger partial charge in [-0.25, -0.2) is 13.1 Å². The molecule has 0 heterocycles. The number of rotatable bonds is 3. The lowest BCUT2D eigenvalue weighted by Crippen LogP contribution is -2.37. The molecule has 2 rings (SSSR count). The summed E-state index contributed by atoms with van der Waals surface area (Å²) in [6, 6.07) is 2.73. The van der Waals surface area contributed by atoms with Crippen molar-refractivity contribution in [3.8, 4) is 0 Å². The van der Waals surface area contributed by atoms with Crippen LogP contribution in [0.15, 0.2) is 17.0 Å². The minimum absolute atomic E-state index is 0.0478. The monoisotopic (exact) mass is 336 g/mol. The molecule has 1 saturated carbocycles. The van der Waals surface area contributed by atoms with Crippen molar-refractivity contribution in [3.05, 3.63) is 22.2 Å². The second-order valence-corrected chi connectivity index (χ2v) is 7.88. The van der Waals surface area contributed by atoms with Crippen molar-refractivity contribution >= 4 is 38.9 Å². The maximum Gasteiger partial charge on any atom is 0.244 e. The van der Waals surface area contributed by atoms with E-state index < -0.39 is 10.0 Å². The molecule has 0 radical (unpaired) electrons. The van der Waals surface area contributed by atoms with Gasteiger partial charge in [0.25, 0.3) is 0 Å². The van der Waals surface area contributed by atoms with E-state index in [1.54, 1.807) is 0 Å². The Morgan fingerprint density at radius 2 is 1.80 bits per heavy atom. The number of hydrogen-bond acceptors (Lipinski definition) is 3. The molecule has 0 spiro atoms. The van der Waals surface area contributed by atoms with Gasteiger partial charge in [0, 0.05) is 11.1 Å². The Morgan fingerprint density at radius 1 is 1.20 bits per heavy atom. The van der Waals surface area contributed by atoms with Crippen LogP contribution in [0.3, 0.4) is 0 Å². The van der Waals surface area contributed by atoms with E-state index in [-0.39, 0.29) is 21.6 Å². The Morgan fingerprint density at radius 3 is 2.35 bits per heavy atom. The van der Waals surface area contributed by atoms with Gasteiger partial charge in [0.1, 0.15) is 4.90 Å². The molecule has 20 heavy (non-hydrogen) atoms. The smallest absolute Gasteiger partial charge is 0.244 e. The molecule has 7 heteroatoms.